The molecule has 2 aromatic rings. The van der Waals surface area contributed by atoms with Gasteiger partial charge in [-0.1, -0.05) is 39.7 Å². The van der Waals surface area contributed by atoms with Gasteiger partial charge in [-0.05, 0) is 30.7 Å². The van der Waals surface area contributed by atoms with Crippen molar-refractivity contribution in [3.63, 3.8) is 0 Å². The van der Waals surface area contributed by atoms with Crippen molar-refractivity contribution in [3.05, 3.63) is 59.3 Å². The first kappa shape index (κ1) is 12.8. The zero-order chi connectivity index (χ0) is 13.1. The van der Waals surface area contributed by atoms with Gasteiger partial charge in [-0.3, -0.25) is 4.79 Å². The van der Waals surface area contributed by atoms with Crippen molar-refractivity contribution in [2.45, 2.75) is 11.8 Å². The summed E-state index contributed by atoms with van der Waals surface area (Å²) < 4.78 is 0. The quantitative estimate of drug-likeness (QED) is 0.699. The van der Waals surface area contributed by atoms with Gasteiger partial charge in [0.25, 0.3) is 0 Å². The predicted molar refractivity (Wildman–Crippen MR) is 75.8 cm³/mol. The Morgan fingerprint density at radius 2 is 2.11 bits per heavy atom. The molecule has 2 rings (SSSR count). The zero-order valence-corrected chi connectivity index (χ0v) is 11.5. The van der Waals surface area contributed by atoms with Crippen molar-refractivity contribution in [2.24, 2.45) is 0 Å². The summed E-state index contributed by atoms with van der Waals surface area (Å²) >= 11 is 3.41. The monoisotopic (exact) mass is 304 g/mol. The van der Waals surface area contributed by atoms with Gasteiger partial charge in [0.15, 0.2) is 5.78 Å². The first-order valence-electron chi connectivity index (χ1n) is 5.54. The highest BCUT2D eigenvalue weighted by Crippen LogP contribution is 2.27. The zero-order valence-electron chi connectivity index (χ0n) is 9.93. The smallest absolute Gasteiger partial charge is 0.180 e. The Hall–Kier alpha value is -1.68. The molecule has 4 heteroatoms. The van der Waals surface area contributed by atoms with Crippen molar-refractivity contribution in [1.29, 1.82) is 0 Å². The minimum Gasteiger partial charge on any atom is -0.384 e. The minimum atomic E-state index is -0.399. The topological polar surface area (TPSA) is 56.0 Å². The highest BCUT2D eigenvalue weighted by molar-refractivity contribution is 9.09. The van der Waals surface area contributed by atoms with Crippen LogP contribution in [0.3, 0.4) is 0 Å². The Morgan fingerprint density at radius 1 is 1.33 bits per heavy atom. The summed E-state index contributed by atoms with van der Waals surface area (Å²) in [7, 11) is 0. The molecule has 2 N–H and O–H groups in total. The number of carbonyl (C=O) groups excluding carboxylic acids is 1. The largest absolute Gasteiger partial charge is 0.384 e. The third kappa shape index (κ3) is 2.76. The molecule has 0 aliphatic carbocycles. The van der Waals surface area contributed by atoms with Crippen LogP contribution in [0.5, 0.6) is 0 Å². The highest BCUT2D eigenvalue weighted by atomic mass is 79.9. The van der Waals surface area contributed by atoms with Gasteiger partial charge in [0.1, 0.15) is 10.6 Å². The van der Waals surface area contributed by atoms with Gasteiger partial charge >= 0.3 is 0 Å². The van der Waals surface area contributed by atoms with E-state index in [9.17, 15) is 4.79 Å². The predicted octanol–water partition coefficient (Wildman–Crippen LogP) is 3.29. The molecule has 3 nitrogen and oxygen atoms in total. The number of aryl methyl sites for hydroxylation is 1. The molecule has 0 aliphatic rings. The van der Waals surface area contributed by atoms with Crippen LogP contribution in [0.1, 0.15) is 26.3 Å². The van der Waals surface area contributed by atoms with Crippen LogP contribution < -0.4 is 5.73 Å². The standard InChI is InChI=1S/C14H13BrN2O/c1-9-3-2-4-11(7-9)14(18)13(15)10-5-6-17-12(16)8-10/h2-8,13H,1H3,(H2,16,17)/t13-/m1/s1. The highest BCUT2D eigenvalue weighted by Gasteiger charge is 2.19. The van der Waals surface area contributed by atoms with E-state index in [0.717, 1.165) is 11.1 Å². The Kier molecular flexibility index (Phi) is 3.77. The fourth-order valence-electron chi connectivity index (χ4n) is 1.72. The van der Waals surface area contributed by atoms with Crippen LogP contribution in [0.4, 0.5) is 5.82 Å². The first-order chi connectivity index (χ1) is 8.58. The van der Waals surface area contributed by atoms with Crippen LogP contribution in [-0.2, 0) is 0 Å². The molecule has 0 fully saturated rings. The molecule has 92 valence electrons. The fraction of sp³-hybridized carbons (Fsp3) is 0.143. The summed E-state index contributed by atoms with van der Waals surface area (Å²) in [5.41, 5.74) is 8.18. The van der Waals surface area contributed by atoms with Crippen molar-refractivity contribution in [1.82, 2.24) is 4.98 Å². The maximum Gasteiger partial charge on any atom is 0.180 e. The van der Waals surface area contributed by atoms with Crippen molar-refractivity contribution in [2.75, 3.05) is 5.73 Å². The summed E-state index contributed by atoms with van der Waals surface area (Å²) in [5.74, 6) is 0.429. The number of nitrogen functional groups attached to an aromatic ring is 1. The molecule has 0 bridgehead atoms. The number of hydrogen-bond donors (Lipinski definition) is 1. The van der Waals surface area contributed by atoms with E-state index in [1.54, 1.807) is 18.3 Å². The van der Waals surface area contributed by atoms with E-state index in [2.05, 4.69) is 20.9 Å². The van der Waals surface area contributed by atoms with Gasteiger partial charge in [-0.15, -0.1) is 0 Å². The van der Waals surface area contributed by atoms with Gasteiger partial charge in [-0.25, -0.2) is 4.98 Å². The molecular weight excluding hydrogens is 292 g/mol. The van der Waals surface area contributed by atoms with E-state index in [4.69, 9.17) is 5.73 Å². The number of rotatable bonds is 3. The molecule has 0 amide bonds. The Balaban J connectivity index is 2.29. The molecular formula is C14H13BrN2O. The number of nitrogens with two attached hydrogens (primary N) is 1. The van der Waals surface area contributed by atoms with Crippen LogP contribution >= 0.6 is 15.9 Å². The maximum atomic E-state index is 12.3. The second-order valence-corrected chi connectivity index (χ2v) is 5.03. The second kappa shape index (κ2) is 5.31. The van der Waals surface area contributed by atoms with Crippen LogP contribution in [0.25, 0.3) is 0 Å². The maximum absolute atomic E-state index is 12.3. The molecule has 0 saturated heterocycles. The second-order valence-electron chi connectivity index (χ2n) is 4.11. The number of nitrogens with zero attached hydrogens (tertiary/aromatic N) is 1. The lowest BCUT2D eigenvalue weighted by atomic mass is 10.0. The summed E-state index contributed by atoms with van der Waals surface area (Å²) in [6, 6.07) is 11.0. The molecule has 1 aromatic carbocycles. The van der Waals surface area contributed by atoms with Crippen molar-refractivity contribution < 1.29 is 4.79 Å². The lowest BCUT2D eigenvalue weighted by molar-refractivity contribution is 0.0991. The Labute approximate surface area is 114 Å². The van der Waals surface area contributed by atoms with Crippen LogP contribution in [0.2, 0.25) is 0 Å². The van der Waals surface area contributed by atoms with Gasteiger partial charge in [-0.2, -0.15) is 0 Å². The third-order valence-electron chi connectivity index (χ3n) is 2.63. The van der Waals surface area contributed by atoms with Crippen LogP contribution in [0, 0.1) is 6.92 Å². The molecule has 0 saturated carbocycles. The summed E-state index contributed by atoms with van der Waals surface area (Å²) in [6.07, 6.45) is 1.60. The molecule has 0 spiro atoms. The SMILES string of the molecule is Cc1cccc(C(=O)[C@H](Br)c2ccnc(N)c2)c1. The number of alkyl halides is 1. The van der Waals surface area contributed by atoms with Crippen LogP contribution in [0.15, 0.2) is 42.6 Å². The number of hydrogen-bond acceptors (Lipinski definition) is 3. The van der Waals surface area contributed by atoms with Crippen molar-refractivity contribution >= 4 is 27.5 Å². The number of benzene rings is 1. The molecule has 0 unspecified atom stereocenters. The van der Waals surface area contributed by atoms with Gasteiger partial charge in [0.05, 0.1) is 0 Å². The first-order valence-corrected chi connectivity index (χ1v) is 6.46. The van der Waals surface area contributed by atoms with E-state index in [1.165, 1.54) is 0 Å². The summed E-state index contributed by atoms with van der Waals surface area (Å²) in [5, 5.41) is 0. The van der Waals surface area contributed by atoms with E-state index >= 15 is 0 Å². The summed E-state index contributed by atoms with van der Waals surface area (Å²) in [4.78, 5) is 15.8. The normalized spacial score (nSPS) is 12.1. The molecule has 1 aromatic heterocycles. The van der Waals surface area contributed by atoms with E-state index in [1.807, 2.05) is 31.2 Å². The molecule has 0 aliphatic heterocycles. The summed E-state index contributed by atoms with van der Waals surface area (Å²) in [6.45, 7) is 1.96. The average Bonchev–Trinajstić information content (AvgIpc) is 2.37. The van der Waals surface area contributed by atoms with E-state index in [0.29, 0.717) is 11.4 Å². The number of Topliss-reactive ketones (excluding diaryl/α,β-unsaturated/α-hetero) is 1. The van der Waals surface area contributed by atoms with Gasteiger partial charge < -0.3 is 5.73 Å². The fourth-order valence-corrected chi connectivity index (χ4v) is 2.27. The number of ketones is 1. The lowest BCUT2D eigenvalue weighted by Gasteiger charge is -2.10. The number of carbonyl (C=O) groups is 1. The molecule has 1 heterocycles. The van der Waals surface area contributed by atoms with Crippen LogP contribution in [-0.4, -0.2) is 10.8 Å². The lowest BCUT2D eigenvalue weighted by Crippen LogP contribution is -2.08. The van der Waals surface area contributed by atoms with Crippen molar-refractivity contribution in [3.8, 4) is 0 Å². The Morgan fingerprint density at radius 3 is 2.78 bits per heavy atom. The number of aromatic nitrogens is 1. The van der Waals surface area contributed by atoms with E-state index < -0.39 is 4.83 Å². The Bertz CT molecular complexity index is 584. The van der Waals surface area contributed by atoms with E-state index in [-0.39, 0.29) is 5.78 Å². The third-order valence-corrected chi connectivity index (χ3v) is 3.58. The minimum absolute atomic E-state index is 0.0179. The molecule has 1 atom stereocenters. The number of pyridine rings is 1. The number of halogens is 1. The number of anilines is 1. The van der Waals surface area contributed by atoms with Gasteiger partial charge in [0, 0.05) is 11.8 Å². The van der Waals surface area contributed by atoms with Gasteiger partial charge in [0.2, 0.25) is 0 Å². The molecule has 0 radical (unpaired) electrons. The molecule has 18 heavy (non-hydrogen) atoms. The average molecular weight is 305 g/mol.